The van der Waals surface area contributed by atoms with Gasteiger partial charge in [0, 0.05) is 30.1 Å². The van der Waals surface area contributed by atoms with Crippen molar-refractivity contribution < 1.29 is 0 Å². The van der Waals surface area contributed by atoms with E-state index in [9.17, 15) is 0 Å². The van der Waals surface area contributed by atoms with E-state index < -0.39 is 0 Å². The van der Waals surface area contributed by atoms with Crippen molar-refractivity contribution >= 4 is 17.2 Å². The van der Waals surface area contributed by atoms with Gasteiger partial charge in [0.25, 0.3) is 0 Å². The predicted octanol–water partition coefficient (Wildman–Crippen LogP) is 3.45. The average Bonchev–Trinajstić information content (AvgIpc) is 2.44. The SMILES string of the molecule is C[C@@]12CCCCN1C[C@@H]1C[C@H]2C(=S)N2CCCC[C@]12C. The van der Waals surface area contributed by atoms with Crippen molar-refractivity contribution in [2.45, 2.75) is 69.9 Å². The van der Waals surface area contributed by atoms with Crippen LogP contribution in [0.2, 0.25) is 0 Å². The van der Waals surface area contributed by atoms with Crippen LogP contribution in [-0.2, 0) is 0 Å². The highest BCUT2D eigenvalue weighted by Gasteiger charge is 2.58. The van der Waals surface area contributed by atoms with E-state index >= 15 is 0 Å². The van der Waals surface area contributed by atoms with E-state index in [1.54, 1.807) is 0 Å². The van der Waals surface area contributed by atoms with Crippen molar-refractivity contribution in [1.82, 2.24) is 9.80 Å². The highest BCUT2D eigenvalue weighted by Crippen LogP contribution is 2.53. The highest BCUT2D eigenvalue weighted by atomic mass is 32.1. The summed E-state index contributed by atoms with van der Waals surface area (Å²) in [4.78, 5) is 6.80. The van der Waals surface area contributed by atoms with Gasteiger partial charge in [-0.15, -0.1) is 0 Å². The fraction of sp³-hybridized carbons (Fsp3) is 0.941. The third-order valence-electron chi connectivity index (χ3n) is 7.17. The van der Waals surface area contributed by atoms with Crippen LogP contribution in [0, 0.1) is 11.8 Å². The van der Waals surface area contributed by atoms with E-state index in [4.69, 9.17) is 12.2 Å². The second-order valence-electron chi connectivity index (χ2n) is 8.05. The molecule has 2 nitrogen and oxygen atoms in total. The Labute approximate surface area is 128 Å². The zero-order valence-corrected chi connectivity index (χ0v) is 13.8. The molecule has 0 radical (unpaired) electrons. The first-order valence-corrected chi connectivity index (χ1v) is 9.03. The van der Waals surface area contributed by atoms with Crippen molar-refractivity contribution in [3.05, 3.63) is 0 Å². The second-order valence-corrected chi connectivity index (χ2v) is 8.47. The van der Waals surface area contributed by atoms with Crippen LogP contribution in [0.1, 0.15) is 58.8 Å². The number of hydrogen-bond donors (Lipinski definition) is 0. The first-order chi connectivity index (χ1) is 9.56. The number of hydrogen-bond acceptors (Lipinski definition) is 2. The van der Waals surface area contributed by atoms with Crippen LogP contribution in [-0.4, -0.2) is 45.5 Å². The minimum absolute atomic E-state index is 0.366. The van der Waals surface area contributed by atoms with E-state index in [0.29, 0.717) is 17.0 Å². The van der Waals surface area contributed by atoms with Gasteiger partial charge >= 0.3 is 0 Å². The van der Waals surface area contributed by atoms with Gasteiger partial charge in [0.15, 0.2) is 0 Å². The van der Waals surface area contributed by atoms with Crippen molar-refractivity contribution in [3.63, 3.8) is 0 Å². The lowest BCUT2D eigenvalue weighted by Crippen LogP contribution is -2.73. The van der Waals surface area contributed by atoms with Gasteiger partial charge in [-0.25, -0.2) is 0 Å². The van der Waals surface area contributed by atoms with E-state index in [1.165, 1.54) is 69.6 Å². The van der Waals surface area contributed by atoms with Crippen LogP contribution >= 0.6 is 12.2 Å². The summed E-state index contributed by atoms with van der Waals surface area (Å²) in [5, 5.41) is 0. The largest absolute Gasteiger partial charge is 0.360 e. The molecule has 4 rings (SSSR count). The molecule has 0 aromatic rings. The molecule has 4 aliphatic heterocycles. The van der Waals surface area contributed by atoms with Gasteiger partial charge in [0.2, 0.25) is 0 Å². The van der Waals surface area contributed by atoms with Gasteiger partial charge in [-0.05, 0) is 64.8 Å². The lowest BCUT2D eigenvalue weighted by molar-refractivity contribution is -0.0907. The molecular formula is C17H28N2S. The first kappa shape index (κ1) is 13.5. The Morgan fingerprint density at radius 1 is 1.00 bits per heavy atom. The molecule has 2 bridgehead atoms. The Morgan fingerprint density at radius 2 is 1.70 bits per heavy atom. The van der Waals surface area contributed by atoms with Gasteiger partial charge in [-0.1, -0.05) is 18.6 Å². The summed E-state index contributed by atoms with van der Waals surface area (Å²) in [7, 11) is 0. The van der Waals surface area contributed by atoms with Crippen LogP contribution in [0.5, 0.6) is 0 Å². The number of rotatable bonds is 0. The van der Waals surface area contributed by atoms with Crippen LogP contribution < -0.4 is 0 Å². The summed E-state index contributed by atoms with van der Waals surface area (Å²) in [6.45, 7) is 8.86. The van der Waals surface area contributed by atoms with E-state index in [1.807, 2.05) is 0 Å². The summed E-state index contributed by atoms with van der Waals surface area (Å²) in [6.07, 6.45) is 9.60. The van der Waals surface area contributed by atoms with Gasteiger partial charge in [0.05, 0.1) is 4.99 Å². The molecule has 4 saturated heterocycles. The summed E-state index contributed by atoms with van der Waals surface area (Å²) in [5.41, 5.74) is 0.731. The topological polar surface area (TPSA) is 6.48 Å². The molecule has 4 heterocycles. The maximum Gasteiger partial charge on any atom is 0.0834 e. The molecular weight excluding hydrogens is 264 g/mol. The molecule has 20 heavy (non-hydrogen) atoms. The quantitative estimate of drug-likeness (QED) is 0.631. The van der Waals surface area contributed by atoms with Crippen LogP contribution in [0.15, 0.2) is 0 Å². The zero-order chi connectivity index (χ0) is 14.0. The fourth-order valence-electron chi connectivity index (χ4n) is 5.71. The third kappa shape index (κ3) is 1.62. The molecule has 4 atom stereocenters. The molecule has 0 aromatic heterocycles. The van der Waals surface area contributed by atoms with Gasteiger partial charge in [-0.3, -0.25) is 4.90 Å². The number of fused-ring (bicyclic) bond motifs is 6. The molecule has 0 aromatic carbocycles. The molecule has 4 aliphatic rings. The predicted molar refractivity (Wildman–Crippen MR) is 87.0 cm³/mol. The van der Waals surface area contributed by atoms with Gasteiger partial charge in [-0.2, -0.15) is 0 Å². The van der Waals surface area contributed by atoms with Crippen LogP contribution in [0.3, 0.4) is 0 Å². The lowest BCUT2D eigenvalue weighted by Gasteiger charge is -2.66. The number of nitrogens with zero attached hydrogens (tertiary/aromatic N) is 2. The summed E-state index contributed by atoms with van der Waals surface area (Å²) < 4.78 is 0. The van der Waals surface area contributed by atoms with Crippen molar-refractivity contribution in [2.75, 3.05) is 19.6 Å². The average molecular weight is 292 g/mol. The van der Waals surface area contributed by atoms with E-state index in [2.05, 4.69) is 23.6 Å². The van der Waals surface area contributed by atoms with Crippen LogP contribution in [0.4, 0.5) is 0 Å². The van der Waals surface area contributed by atoms with E-state index in [0.717, 1.165) is 5.92 Å². The molecule has 0 N–H and O–H groups in total. The fourth-order valence-corrected chi connectivity index (χ4v) is 6.36. The maximum atomic E-state index is 6.02. The summed E-state index contributed by atoms with van der Waals surface area (Å²) >= 11 is 6.02. The Balaban J connectivity index is 1.73. The highest BCUT2D eigenvalue weighted by molar-refractivity contribution is 7.80. The van der Waals surface area contributed by atoms with Crippen molar-refractivity contribution in [1.29, 1.82) is 0 Å². The number of thiocarbonyl (C=S) groups is 1. The first-order valence-electron chi connectivity index (χ1n) is 8.62. The monoisotopic (exact) mass is 292 g/mol. The minimum atomic E-state index is 0.366. The molecule has 0 aliphatic carbocycles. The van der Waals surface area contributed by atoms with Crippen molar-refractivity contribution in [2.24, 2.45) is 11.8 Å². The zero-order valence-electron chi connectivity index (χ0n) is 13.0. The molecule has 0 unspecified atom stereocenters. The van der Waals surface area contributed by atoms with Gasteiger partial charge < -0.3 is 4.90 Å². The smallest absolute Gasteiger partial charge is 0.0834 e. The summed E-state index contributed by atoms with van der Waals surface area (Å²) in [6, 6.07) is 0. The van der Waals surface area contributed by atoms with Gasteiger partial charge in [0.1, 0.15) is 0 Å². The standard InChI is InChI=1S/C17H28N2S/c1-16-7-4-6-10-19(16)15(20)14-11-13(16)12-18-9-5-3-8-17(14,18)2/h13-14H,3-12H2,1-2H3/t13-,14-,16+,17-/m0/s1. The summed E-state index contributed by atoms with van der Waals surface area (Å²) in [5.74, 6) is 1.48. The normalized spacial score (nSPS) is 48.7. The third-order valence-corrected chi connectivity index (χ3v) is 7.67. The molecule has 0 saturated carbocycles. The molecule has 0 spiro atoms. The molecule has 3 heteroatoms. The molecule has 4 fully saturated rings. The number of piperidine rings is 4. The Hall–Kier alpha value is -0.150. The maximum absolute atomic E-state index is 6.02. The Bertz CT molecular complexity index is 433. The lowest BCUT2D eigenvalue weighted by atomic mass is 9.60. The Morgan fingerprint density at radius 3 is 2.50 bits per heavy atom. The second kappa shape index (κ2) is 4.42. The van der Waals surface area contributed by atoms with Crippen LogP contribution in [0.25, 0.3) is 0 Å². The van der Waals surface area contributed by atoms with Crippen molar-refractivity contribution in [3.8, 4) is 0 Å². The molecule has 0 amide bonds. The van der Waals surface area contributed by atoms with E-state index in [-0.39, 0.29) is 0 Å². The minimum Gasteiger partial charge on any atom is -0.360 e. The Kier molecular flexibility index (Phi) is 2.99. The molecule has 112 valence electrons.